The van der Waals surface area contributed by atoms with Gasteiger partial charge in [-0.3, -0.25) is 9.69 Å². The molecule has 0 bridgehead atoms. The Morgan fingerprint density at radius 3 is 2.04 bits per heavy atom. The molecule has 23 heavy (non-hydrogen) atoms. The highest BCUT2D eigenvalue weighted by atomic mass is 16.1. The highest BCUT2D eigenvalue weighted by Gasteiger charge is 2.40. The van der Waals surface area contributed by atoms with Gasteiger partial charge in [0, 0.05) is 12.0 Å². The fourth-order valence-corrected chi connectivity index (χ4v) is 3.75. The molecule has 2 aromatic rings. The van der Waals surface area contributed by atoms with E-state index in [-0.39, 0.29) is 17.4 Å². The zero-order chi connectivity index (χ0) is 16.3. The third kappa shape index (κ3) is 3.02. The van der Waals surface area contributed by atoms with Crippen LogP contribution in [-0.2, 0) is 10.2 Å². The highest BCUT2D eigenvalue weighted by Crippen LogP contribution is 2.40. The van der Waals surface area contributed by atoms with Gasteiger partial charge in [0.2, 0.25) is 5.91 Å². The van der Waals surface area contributed by atoms with Crippen molar-refractivity contribution in [3.63, 3.8) is 0 Å². The largest absolute Gasteiger partial charge is 0.368 e. The van der Waals surface area contributed by atoms with Gasteiger partial charge in [-0.2, -0.15) is 0 Å². The van der Waals surface area contributed by atoms with Crippen LogP contribution in [0.1, 0.15) is 30.9 Å². The fourth-order valence-electron chi connectivity index (χ4n) is 3.75. The Morgan fingerprint density at radius 2 is 1.57 bits per heavy atom. The van der Waals surface area contributed by atoms with Crippen LogP contribution in [0.4, 0.5) is 0 Å². The Hall–Kier alpha value is -2.13. The van der Waals surface area contributed by atoms with Gasteiger partial charge in [-0.15, -0.1) is 0 Å². The smallest absolute Gasteiger partial charge is 0.234 e. The number of primary amides is 1. The molecular formula is C20H24N2O. The standard InChI is InChI=1S/C20H24N2O/c1-16(19(21)23)22-14-8-13-20(15-22,17-9-4-2-5-10-17)18-11-6-3-7-12-18/h2-7,9-12,16H,8,13-15H2,1H3,(H2,21,23)/t16-/m1/s1. The number of hydrogen-bond acceptors (Lipinski definition) is 2. The summed E-state index contributed by atoms with van der Waals surface area (Å²) in [7, 11) is 0. The maximum Gasteiger partial charge on any atom is 0.234 e. The fraction of sp³-hybridized carbons (Fsp3) is 0.350. The first-order valence-corrected chi connectivity index (χ1v) is 8.28. The molecule has 1 amide bonds. The molecule has 0 unspecified atom stereocenters. The Labute approximate surface area is 138 Å². The molecule has 3 rings (SSSR count). The zero-order valence-corrected chi connectivity index (χ0v) is 13.6. The lowest BCUT2D eigenvalue weighted by atomic mass is 9.69. The number of likely N-dealkylation sites (tertiary alicyclic amines) is 1. The molecule has 0 saturated carbocycles. The second-order valence-corrected chi connectivity index (χ2v) is 6.47. The van der Waals surface area contributed by atoms with Gasteiger partial charge in [0.1, 0.15) is 0 Å². The van der Waals surface area contributed by atoms with Crippen LogP contribution in [0.5, 0.6) is 0 Å². The van der Waals surface area contributed by atoms with E-state index in [1.54, 1.807) is 0 Å². The summed E-state index contributed by atoms with van der Waals surface area (Å²) < 4.78 is 0. The number of piperidine rings is 1. The van der Waals surface area contributed by atoms with Gasteiger partial charge < -0.3 is 5.73 Å². The Balaban J connectivity index is 2.05. The number of carbonyl (C=O) groups is 1. The minimum atomic E-state index is -0.248. The van der Waals surface area contributed by atoms with Crippen LogP contribution in [0, 0.1) is 0 Å². The van der Waals surface area contributed by atoms with E-state index in [1.165, 1.54) is 11.1 Å². The predicted molar refractivity (Wildman–Crippen MR) is 93.1 cm³/mol. The Kier molecular flexibility index (Phi) is 4.49. The van der Waals surface area contributed by atoms with Crippen LogP contribution in [0.2, 0.25) is 0 Å². The topological polar surface area (TPSA) is 46.3 Å². The van der Waals surface area contributed by atoms with E-state index in [4.69, 9.17) is 5.73 Å². The molecule has 2 N–H and O–H groups in total. The Bertz CT molecular complexity index is 614. The number of hydrogen-bond donors (Lipinski definition) is 1. The summed E-state index contributed by atoms with van der Waals surface area (Å²) in [4.78, 5) is 13.9. The second kappa shape index (κ2) is 6.55. The van der Waals surface area contributed by atoms with E-state index in [1.807, 2.05) is 6.92 Å². The van der Waals surface area contributed by atoms with E-state index in [0.717, 1.165) is 25.9 Å². The normalized spacial score (nSPS) is 19.2. The number of carbonyl (C=O) groups excluding carboxylic acids is 1. The van der Waals surface area contributed by atoms with E-state index >= 15 is 0 Å². The van der Waals surface area contributed by atoms with Gasteiger partial charge in [0.25, 0.3) is 0 Å². The van der Waals surface area contributed by atoms with Gasteiger partial charge >= 0.3 is 0 Å². The number of nitrogens with two attached hydrogens (primary N) is 1. The average molecular weight is 308 g/mol. The quantitative estimate of drug-likeness (QED) is 0.944. The van der Waals surface area contributed by atoms with Gasteiger partial charge in [-0.05, 0) is 37.4 Å². The summed E-state index contributed by atoms with van der Waals surface area (Å²) in [5.41, 5.74) is 8.10. The van der Waals surface area contributed by atoms with Crippen LogP contribution in [0.25, 0.3) is 0 Å². The van der Waals surface area contributed by atoms with Crippen LogP contribution in [0.3, 0.4) is 0 Å². The lowest BCUT2D eigenvalue weighted by Crippen LogP contribution is -2.53. The SMILES string of the molecule is C[C@H](C(N)=O)N1CCCC(c2ccccc2)(c2ccccc2)C1. The van der Waals surface area contributed by atoms with Crippen molar-refractivity contribution >= 4 is 5.91 Å². The first-order chi connectivity index (χ1) is 11.1. The van der Waals surface area contributed by atoms with Crippen LogP contribution >= 0.6 is 0 Å². The summed E-state index contributed by atoms with van der Waals surface area (Å²) >= 11 is 0. The molecule has 1 saturated heterocycles. The van der Waals surface area contributed by atoms with E-state index in [9.17, 15) is 4.79 Å². The van der Waals surface area contributed by atoms with Gasteiger partial charge in [-0.1, -0.05) is 60.7 Å². The lowest BCUT2D eigenvalue weighted by Gasteiger charge is -2.45. The first kappa shape index (κ1) is 15.8. The number of rotatable bonds is 4. The summed E-state index contributed by atoms with van der Waals surface area (Å²) in [6.07, 6.45) is 2.14. The third-order valence-electron chi connectivity index (χ3n) is 5.13. The van der Waals surface area contributed by atoms with Crippen molar-refractivity contribution in [2.24, 2.45) is 5.73 Å². The van der Waals surface area contributed by atoms with Crippen molar-refractivity contribution in [3.8, 4) is 0 Å². The van der Waals surface area contributed by atoms with E-state index in [0.29, 0.717) is 0 Å². The molecule has 1 heterocycles. The molecular weight excluding hydrogens is 284 g/mol. The summed E-state index contributed by atoms with van der Waals surface area (Å²) in [6, 6.07) is 21.0. The number of benzene rings is 2. The number of amides is 1. The van der Waals surface area contributed by atoms with E-state index < -0.39 is 0 Å². The van der Waals surface area contributed by atoms with Crippen molar-refractivity contribution in [2.45, 2.75) is 31.2 Å². The average Bonchev–Trinajstić information content (AvgIpc) is 2.62. The lowest BCUT2D eigenvalue weighted by molar-refractivity contribution is -0.123. The minimum Gasteiger partial charge on any atom is -0.368 e. The molecule has 1 atom stereocenters. The molecule has 3 heteroatoms. The van der Waals surface area contributed by atoms with Crippen LogP contribution in [-0.4, -0.2) is 29.9 Å². The molecule has 0 spiro atoms. The second-order valence-electron chi connectivity index (χ2n) is 6.47. The maximum atomic E-state index is 11.7. The molecule has 0 aliphatic carbocycles. The molecule has 1 aliphatic rings. The first-order valence-electron chi connectivity index (χ1n) is 8.28. The summed E-state index contributed by atoms with van der Waals surface area (Å²) in [5, 5.41) is 0. The zero-order valence-electron chi connectivity index (χ0n) is 13.6. The molecule has 120 valence electrons. The minimum absolute atomic E-state index is 0.0789. The van der Waals surface area contributed by atoms with Crippen molar-refractivity contribution in [1.29, 1.82) is 0 Å². The molecule has 2 aromatic carbocycles. The maximum absolute atomic E-state index is 11.7. The number of nitrogens with zero attached hydrogens (tertiary/aromatic N) is 1. The third-order valence-corrected chi connectivity index (χ3v) is 5.13. The van der Waals surface area contributed by atoms with Gasteiger partial charge in [-0.25, -0.2) is 0 Å². The van der Waals surface area contributed by atoms with Crippen molar-refractivity contribution < 1.29 is 4.79 Å². The highest BCUT2D eigenvalue weighted by molar-refractivity contribution is 5.79. The summed E-state index contributed by atoms with van der Waals surface area (Å²) in [5.74, 6) is -0.248. The van der Waals surface area contributed by atoms with Gasteiger partial charge in [0.15, 0.2) is 0 Å². The monoisotopic (exact) mass is 308 g/mol. The van der Waals surface area contributed by atoms with Crippen molar-refractivity contribution in [3.05, 3.63) is 71.8 Å². The molecule has 1 aliphatic heterocycles. The summed E-state index contributed by atoms with van der Waals surface area (Å²) in [6.45, 7) is 3.66. The Morgan fingerprint density at radius 1 is 1.04 bits per heavy atom. The van der Waals surface area contributed by atoms with Gasteiger partial charge in [0.05, 0.1) is 6.04 Å². The molecule has 0 aromatic heterocycles. The van der Waals surface area contributed by atoms with E-state index in [2.05, 4.69) is 65.6 Å². The molecule has 3 nitrogen and oxygen atoms in total. The molecule has 0 radical (unpaired) electrons. The van der Waals surface area contributed by atoms with Crippen LogP contribution < -0.4 is 5.73 Å². The van der Waals surface area contributed by atoms with Crippen LogP contribution in [0.15, 0.2) is 60.7 Å². The molecule has 1 fully saturated rings. The predicted octanol–water partition coefficient (Wildman–Crippen LogP) is 2.94. The van der Waals surface area contributed by atoms with Crippen molar-refractivity contribution in [2.75, 3.05) is 13.1 Å². The van der Waals surface area contributed by atoms with Crippen molar-refractivity contribution in [1.82, 2.24) is 4.90 Å².